The first kappa shape index (κ1) is 34.9. The van der Waals surface area contributed by atoms with Crippen LogP contribution in [0, 0.1) is 11.3 Å². The second kappa shape index (κ2) is 15.6. The summed E-state index contributed by atoms with van der Waals surface area (Å²) in [6.45, 7) is 14.0. The molecule has 3 aromatic rings. The van der Waals surface area contributed by atoms with E-state index in [0.29, 0.717) is 17.2 Å². The first-order chi connectivity index (χ1) is 21.8. The zero-order valence-electron chi connectivity index (χ0n) is 25.7. The number of nitrogens with one attached hydrogen (secondary N) is 1. The Morgan fingerprint density at radius 1 is 1.00 bits per heavy atom. The molecule has 14 heteroatoms. The van der Waals surface area contributed by atoms with Crippen LogP contribution in [0.1, 0.15) is 36.2 Å². The van der Waals surface area contributed by atoms with Gasteiger partial charge >= 0.3 is 12.1 Å². The van der Waals surface area contributed by atoms with Gasteiger partial charge < -0.3 is 20.1 Å². The Hall–Kier alpha value is -3.96. The van der Waals surface area contributed by atoms with Gasteiger partial charge in [-0.1, -0.05) is 37.6 Å². The van der Waals surface area contributed by atoms with Gasteiger partial charge in [-0.25, -0.2) is 14.8 Å². The van der Waals surface area contributed by atoms with Crippen molar-refractivity contribution in [1.82, 2.24) is 25.1 Å². The molecule has 0 amide bonds. The Balaban J connectivity index is 0.000000617. The van der Waals surface area contributed by atoms with Gasteiger partial charge in [0.25, 0.3) is 0 Å². The van der Waals surface area contributed by atoms with E-state index in [1.807, 2.05) is 36.5 Å². The number of piperazine rings is 2. The molecule has 246 valence electrons. The van der Waals surface area contributed by atoms with E-state index in [9.17, 15) is 18.4 Å². The number of aliphatic carboxylic acids is 1. The zero-order chi connectivity index (χ0) is 33.3. The Kier molecular flexibility index (Phi) is 11.8. The minimum absolute atomic E-state index is 0.314. The van der Waals surface area contributed by atoms with Crippen LogP contribution in [0.3, 0.4) is 0 Å². The highest BCUT2D eigenvalue weighted by molar-refractivity contribution is 6.30. The fraction of sp³-hybridized carbons (Fsp3) is 0.438. The lowest BCUT2D eigenvalue weighted by molar-refractivity contribution is -0.192. The molecule has 2 saturated heterocycles. The lowest BCUT2D eigenvalue weighted by atomic mass is 9.78. The molecule has 0 atom stereocenters. The molecule has 2 aliphatic heterocycles. The van der Waals surface area contributed by atoms with Crippen LogP contribution in [0.4, 0.5) is 19.1 Å². The fourth-order valence-corrected chi connectivity index (χ4v) is 5.38. The predicted octanol–water partition coefficient (Wildman–Crippen LogP) is 4.52. The Bertz CT molecular complexity index is 1500. The molecule has 0 unspecified atom stereocenters. The number of carboxylic acid groups (broad SMARTS) is 1. The summed E-state index contributed by atoms with van der Waals surface area (Å²) in [7, 11) is 0. The first-order valence-corrected chi connectivity index (χ1v) is 15.2. The van der Waals surface area contributed by atoms with Crippen molar-refractivity contribution < 1.29 is 27.8 Å². The van der Waals surface area contributed by atoms with Gasteiger partial charge in [-0.15, -0.1) is 0 Å². The van der Waals surface area contributed by atoms with E-state index >= 15 is 0 Å². The summed E-state index contributed by atoms with van der Waals surface area (Å²) in [5.74, 6) is -1.21. The third-order valence-electron chi connectivity index (χ3n) is 7.92. The molecular formula is C32H37ClF3N7O3. The van der Waals surface area contributed by atoms with Crippen molar-refractivity contribution >= 4 is 23.5 Å². The molecular weight excluding hydrogens is 623 g/mol. The second-order valence-electron chi connectivity index (χ2n) is 11.5. The minimum Gasteiger partial charge on any atom is -0.487 e. The van der Waals surface area contributed by atoms with Crippen LogP contribution in [-0.2, 0) is 16.8 Å². The number of ether oxygens (including phenoxy) is 1. The average molecular weight is 660 g/mol. The lowest BCUT2D eigenvalue weighted by Gasteiger charge is -2.38. The largest absolute Gasteiger partial charge is 0.490 e. The lowest BCUT2D eigenvalue weighted by Crippen LogP contribution is -2.53. The fourth-order valence-electron chi connectivity index (χ4n) is 5.15. The zero-order valence-corrected chi connectivity index (χ0v) is 26.5. The predicted molar refractivity (Wildman–Crippen MR) is 168 cm³/mol. The summed E-state index contributed by atoms with van der Waals surface area (Å²) < 4.78 is 37.8. The number of rotatable bonds is 8. The molecule has 3 heterocycles. The minimum atomic E-state index is -5.08. The Morgan fingerprint density at radius 2 is 1.63 bits per heavy atom. The molecule has 5 rings (SSSR count). The SMILES string of the molecule is CC(C)(c1ccc(OCc2ccnc(N3CCN(CN4CCNCC4)CC3)n2)cc1)c1cc(Cl)cc(C#N)c1.O=C(O)C(F)(F)F. The number of anilines is 1. The van der Waals surface area contributed by atoms with E-state index in [-0.39, 0.29) is 5.41 Å². The molecule has 0 saturated carbocycles. The molecule has 0 radical (unpaired) electrons. The summed E-state index contributed by atoms with van der Waals surface area (Å²) in [5, 5.41) is 20.4. The van der Waals surface area contributed by atoms with Crippen molar-refractivity contribution in [2.75, 3.05) is 63.9 Å². The number of carbonyl (C=O) groups is 1. The molecule has 0 spiro atoms. The quantitative estimate of drug-likeness (QED) is 0.357. The number of halogens is 4. The van der Waals surface area contributed by atoms with Gasteiger partial charge in [0.05, 0.1) is 24.0 Å². The maximum Gasteiger partial charge on any atom is 0.490 e. The Labute approximate surface area is 271 Å². The number of nitriles is 1. The van der Waals surface area contributed by atoms with Crippen molar-refractivity contribution in [3.05, 3.63) is 82.1 Å². The summed E-state index contributed by atoms with van der Waals surface area (Å²) in [6.07, 6.45) is -3.26. The number of benzene rings is 2. The average Bonchev–Trinajstić information content (AvgIpc) is 3.04. The maximum atomic E-state index is 10.6. The highest BCUT2D eigenvalue weighted by atomic mass is 35.5. The molecule has 2 fully saturated rings. The van der Waals surface area contributed by atoms with E-state index in [4.69, 9.17) is 31.2 Å². The topological polar surface area (TPSA) is 118 Å². The number of aromatic nitrogens is 2. The molecule has 2 aromatic carbocycles. The van der Waals surface area contributed by atoms with Gasteiger partial charge in [-0.05, 0) is 47.5 Å². The van der Waals surface area contributed by atoms with Crippen LogP contribution in [0.15, 0.2) is 54.7 Å². The third kappa shape index (κ3) is 9.77. The molecule has 0 aliphatic carbocycles. The summed E-state index contributed by atoms with van der Waals surface area (Å²) in [4.78, 5) is 25.5. The van der Waals surface area contributed by atoms with Crippen LogP contribution < -0.4 is 15.0 Å². The number of hydrogen-bond acceptors (Lipinski definition) is 9. The number of nitrogens with zero attached hydrogens (tertiary/aromatic N) is 6. The number of alkyl halides is 3. The summed E-state index contributed by atoms with van der Waals surface area (Å²) in [6, 6.07) is 17.7. The summed E-state index contributed by atoms with van der Waals surface area (Å²) in [5.41, 5.74) is 3.22. The number of carboxylic acids is 1. The van der Waals surface area contributed by atoms with E-state index in [1.54, 1.807) is 6.07 Å². The van der Waals surface area contributed by atoms with Crippen LogP contribution >= 0.6 is 11.6 Å². The van der Waals surface area contributed by atoms with Crippen molar-refractivity contribution in [1.29, 1.82) is 5.26 Å². The number of hydrogen-bond donors (Lipinski definition) is 2. The highest BCUT2D eigenvalue weighted by Gasteiger charge is 2.38. The van der Waals surface area contributed by atoms with Gasteiger partial charge in [-0.3, -0.25) is 9.80 Å². The van der Waals surface area contributed by atoms with E-state index < -0.39 is 12.1 Å². The van der Waals surface area contributed by atoms with E-state index in [2.05, 4.69) is 57.0 Å². The van der Waals surface area contributed by atoms with Crippen molar-refractivity contribution in [2.45, 2.75) is 32.0 Å². The normalized spacial score (nSPS) is 16.2. The molecule has 2 aliphatic rings. The van der Waals surface area contributed by atoms with Crippen LogP contribution in [0.25, 0.3) is 0 Å². The molecule has 46 heavy (non-hydrogen) atoms. The van der Waals surface area contributed by atoms with Crippen LogP contribution in [0.5, 0.6) is 5.75 Å². The third-order valence-corrected chi connectivity index (χ3v) is 8.14. The van der Waals surface area contributed by atoms with Gasteiger partial charge in [0.2, 0.25) is 5.95 Å². The molecule has 2 N–H and O–H groups in total. The van der Waals surface area contributed by atoms with Gasteiger partial charge in [-0.2, -0.15) is 18.4 Å². The van der Waals surface area contributed by atoms with Crippen molar-refractivity contribution in [3.8, 4) is 11.8 Å². The van der Waals surface area contributed by atoms with Crippen molar-refractivity contribution in [3.63, 3.8) is 0 Å². The smallest absolute Gasteiger partial charge is 0.487 e. The molecule has 10 nitrogen and oxygen atoms in total. The highest BCUT2D eigenvalue weighted by Crippen LogP contribution is 2.34. The Morgan fingerprint density at radius 3 is 2.24 bits per heavy atom. The maximum absolute atomic E-state index is 10.6. The van der Waals surface area contributed by atoms with E-state index in [0.717, 1.165) is 87.5 Å². The van der Waals surface area contributed by atoms with Crippen molar-refractivity contribution in [2.24, 2.45) is 0 Å². The molecule has 0 bridgehead atoms. The van der Waals surface area contributed by atoms with Gasteiger partial charge in [0, 0.05) is 69.0 Å². The summed E-state index contributed by atoms with van der Waals surface area (Å²) >= 11 is 6.26. The monoisotopic (exact) mass is 659 g/mol. The standard InChI is InChI=1S/C30H36ClN7O.C2HF3O2/c1-30(2,25-17-23(20-32)18-26(31)19-25)24-3-5-28(6-4-24)39-21-27-7-8-34-29(35-27)38-15-13-37(14-16-38)22-36-11-9-33-10-12-36;3-2(4,5)1(6)7/h3-8,17-19,33H,9-16,21-22H2,1-2H3;(H,6,7). The second-order valence-corrected chi connectivity index (χ2v) is 12.0. The van der Waals surface area contributed by atoms with Crippen LogP contribution in [0.2, 0.25) is 5.02 Å². The van der Waals surface area contributed by atoms with Crippen LogP contribution in [-0.4, -0.2) is 96.0 Å². The van der Waals surface area contributed by atoms with Gasteiger partial charge in [0.1, 0.15) is 12.4 Å². The van der Waals surface area contributed by atoms with E-state index in [1.165, 1.54) is 0 Å². The first-order valence-electron chi connectivity index (χ1n) is 14.8. The molecule has 1 aromatic heterocycles. The van der Waals surface area contributed by atoms with Gasteiger partial charge in [0.15, 0.2) is 0 Å².